The minimum absolute atomic E-state index is 0.00699. The first kappa shape index (κ1) is 7.28. The summed E-state index contributed by atoms with van der Waals surface area (Å²) in [5, 5.41) is 0. The fourth-order valence-corrected chi connectivity index (χ4v) is 0.738. The van der Waals surface area contributed by atoms with Crippen LogP contribution >= 0.6 is 0 Å². The standard InChI is InChI=1S/C7H10O3/c1-2-3-9-5-6-4-7(8)10-6/h2,6H,1,3-5H2/t6-/m0/s1. The molecule has 0 saturated carbocycles. The predicted molar refractivity (Wildman–Crippen MR) is 35.5 cm³/mol. The number of rotatable bonds is 4. The molecule has 1 rings (SSSR count). The quantitative estimate of drug-likeness (QED) is 0.326. The van der Waals surface area contributed by atoms with Crippen LogP contribution in [0.15, 0.2) is 12.7 Å². The highest BCUT2D eigenvalue weighted by Gasteiger charge is 2.27. The summed E-state index contributed by atoms with van der Waals surface area (Å²) >= 11 is 0. The Hall–Kier alpha value is -0.830. The highest BCUT2D eigenvalue weighted by Crippen LogP contribution is 2.12. The molecule has 3 nitrogen and oxygen atoms in total. The SMILES string of the molecule is C=CCOC[C@@H]1CC(=O)O1. The van der Waals surface area contributed by atoms with Gasteiger partial charge < -0.3 is 9.47 Å². The van der Waals surface area contributed by atoms with Crippen molar-refractivity contribution in [3.05, 3.63) is 12.7 Å². The Morgan fingerprint density at radius 1 is 1.90 bits per heavy atom. The van der Waals surface area contributed by atoms with Crippen molar-refractivity contribution in [1.29, 1.82) is 0 Å². The Morgan fingerprint density at radius 3 is 3.10 bits per heavy atom. The van der Waals surface area contributed by atoms with Gasteiger partial charge in [-0.2, -0.15) is 0 Å². The molecule has 10 heavy (non-hydrogen) atoms. The van der Waals surface area contributed by atoms with Crippen LogP contribution in [0.2, 0.25) is 0 Å². The van der Waals surface area contributed by atoms with Gasteiger partial charge in [-0.15, -0.1) is 6.58 Å². The maximum atomic E-state index is 10.2. The van der Waals surface area contributed by atoms with E-state index < -0.39 is 0 Å². The van der Waals surface area contributed by atoms with Gasteiger partial charge in [0, 0.05) is 0 Å². The third kappa shape index (κ3) is 1.84. The van der Waals surface area contributed by atoms with Gasteiger partial charge in [-0.25, -0.2) is 0 Å². The summed E-state index contributed by atoms with van der Waals surface area (Å²) < 4.78 is 9.73. The van der Waals surface area contributed by atoms with Gasteiger partial charge in [0.2, 0.25) is 0 Å². The Bertz CT molecular complexity index is 134. The zero-order chi connectivity index (χ0) is 7.40. The van der Waals surface area contributed by atoms with E-state index in [0.29, 0.717) is 19.6 Å². The van der Waals surface area contributed by atoms with Gasteiger partial charge in [0.05, 0.1) is 19.6 Å². The molecule has 0 radical (unpaired) electrons. The molecule has 0 unspecified atom stereocenters. The highest BCUT2D eigenvalue weighted by atomic mass is 16.6. The molecule has 0 N–H and O–H groups in total. The third-order valence-electron chi connectivity index (χ3n) is 1.23. The summed E-state index contributed by atoms with van der Waals surface area (Å²) in [6.07, 6.45) is 2.16. The van der Waals surface area contributed by atoms with Gasteiger partial charge in [-0.05, 0) is 0 Å². The number of ether oxygens (including phenoxy) is 2. The van der Waals surface area contributed by atoms with Crippen molar-refractivity contribution in [2.24, 2.45) is 0 Å². The van der Waals surface area contributed by atoms with E-state index in [4.69, 9.17) is 4.74 Å². The van der Waals surface area contributed by atoms with E-state index >= 15 is 0 Å². The van der Waals surface area contributed by atoms with Crippen molar-refractivity contribution in [2.45, 2.75) is 12.5 Å². The third-order valence-corrected chi connectivity index (χ3v) is 1.23. The Balaban J connectivity index is 1.95. The summed E-state index contributed by atoms with van der Waals surface area (Å²) in [7, 11) is 0. The minimum Gasteiger partial charge on any atom is -0.459 e. The van der Waals surface area contributed by atoms with E-state index in [1.54, 1.807) is 6.08 Å². The van der Waals surface area contributed by atoms with Gasteiger partial charge in [0.15, 0.2) is 0 Å². The van der Waals surface area contributed by atoms with Crippen molar-refractivity contribution in [3.63, 3.8) is 0 Å². The zero-order valence-electron chi connectivity index (χ0n) is 5.71. The molecule has 0 spiro atoms. The van der Waals surface area contributed by atoms with Crippen molar-refractivity contribution in [1.82, 2.24) is 0 Å². The molecule has 0 aromatic rings. The molecule has 0 amide bonds. The summed E-state index contributed by atoms with van der Waals surface area (Å²) in [6.45, 7) is 4.50. The maximum Gasteiger partial charge on any atom is 0.310 e. The number of hydrogen-bond acceptors (Lipinski definition) is 3. The molecule has 0 bridgehead atoms. The highest BCUT2D eigenvalue weighted by molar-refractivity contribution is 5.75. The molecule has 1 aliphatic heterocycles. The predicted octanol–water partition coefficient (Wildman–Crippen LogP) is 0.504. The monoisotopic (exact) mass is 142 g/mol. The van der Waals surface area contributed by atoms with E-state index in [-0.39, 0.29) is 12.1 Å². The molecule has 1 heterocycles. The van der Waals surface area contributed by atoms with E-state index in [1.165, 1.54) is 0 Å². The van der Waals surface area contributed by atoms with Gasteiger partial charge in [0.1, 0.15) is 6.10 Å². The van der Waals surface area contributed by atoms with Gasteiger partial charge in [-0.3, -0.25) is 4.79 Å². The molecule has 1 atom stereocenters. The zero-order valence-corrected chi connectivity index (χ0v) is 5.71. The lowest BCUT2D eigenvalue weighted by atomic mass is 10.2. The van der Waals surface area contributed by atoms with Gasteiger partial charge >= 0.3 is 5.97 Å². The lowest BCUT2D eigenvalue weighted by Gasteiger charge is -2.24. The second-order valence-electron chi connectivity index (χ2n) is 2.14. The molecule has 1 aliphatic rings. The molecule has 1 saturated heterocycles. The van der Waals surface area contributed by atoms with Crippen LogP contribution in [-0.2, 0) is 14.3 Å². The summed E-state index contributed by atoms with van der Waals surface area (Å²) in [5.41, 5.74) is 0. The minimum atomic E-state index is -0.132. The van der Waals surface area contributed by atoms with E-state index in [0.717, 1.165) is 0 Å². The van der Waals surface area contributed by atoms with E-state index in [2.05, 4.69) is 11.3 Å². The number of esters is 1. The van der Waals surface area contributed by atoms with Crippen LogP contribution < -0.4 is 0 Å². The number of hydrogen-bond donors (Lipinski definition) is 0. The number of carbonyl (C=O) groups excluding carboxylic acids is 1. The molecule has 3 heteroatoms. The van der Waals surface area contributed by atoms with Crippen LogP contribution in [0.4, 0.5) is 0 Å². The smallest absolute Gasteiger partial charge is 0.310 e. The lowest BCUT2D eigenvalue weighted by Crippen LogP contribution is -2.36. The lowest BCUT2D eigenvalue weighted by molar-refractivity contribution is -0.174. The van der Waals surface area contributed by atoms with E-state index in [1.807, 2.05) is 0 Å². The van der Waals surface area contributed by atoms with Crippen LogP contribution in [-0.4, -0.2) is 25.3 Å². The van der Waals surface area contributed by atoms with Crippen molar-refractivity contribution in [3.8, 4) is 0 Å². The molecule has 1 fully saturated rings. The largest absolute Gasteiger partial charge is 0.459 e. The van der Waals surface area contributed by atoms with Crippen LogP contribution in [0.3, 0.4) is 0 Å². The first-order valence-electron chi connectivity index (χ1n) is 3.21. The van der Waals surface area contributed by atoms with Crippen molar-refractivity contribution < 1.29 is 14.3 Å². The fraction of sp³-hybridized carbons (Fsp3) is 0.571. The van der Waals surface area contributed by atoms with Crippen LogP contribution in [0.1, 0.15) is 6.42 Å². The molecule has 0 aliphatic carbocycles. The van der Waals surface area contributed by atoms with Crippen molar-refractivity contribution in [2.75, 3.05) is 13.2 Å². The van der Waals surface area contributed by atoms with Gasteiger partial charge in [-0.1, -0.05) is 6.08 Å². The second kappa shape index (κ2) is 3.37. The number of cyclic esters (lactones) is 1. The Morgan fingerprint density at radius 2 is 2.60 bits per heavy atom. The summed E-state index contributed by atoms with van der Waals surface area (Å²) in [6, 6.07) is 0. The Kier molecular flexibility index (Phi) is 2.45. The van der Waals surface area contributed by atoms with Crippen molar-refractivity contribution >= 4 is 5.97 Å². The molecule has 56 valence electrons. The van der Waals surface area contributed by atoms with Crippen LogP contribution in [0.5, 0.6) is 0 Å². The van der Waals surface area contributed by atoms with E-state index in [9.17, 15) is 4.79 Å². The second-order valence-corrected chi connectivity index (χ2v) is 2.14. The summed E-state index contributed by atoms with van der Waals surface area (Å²) in [5.74, 6) is -0.132. The molecule has 0 aromatic heterocycles. The molecular weight excluding hydrogens is 132 g/mol. The normalized spacial score (nSPS) is 23.2. The Labute approximate surface area is 59.6 Å². The molecule has 0 aromatic carbocycles. The number of carbonyl (C=O) groups is 1. The van der Waals surface area contributed by atoms with Crippen LogP contribution in [0.25, 0.3) is 0 Å². The topological polar surface area (TPSA) is 35.5 Å². The first-order valence-corrected chi connectivity index (χ1v) is 3.21. The molecular formula is C7H10O3. The summed E-state index contributed by atoms with van der Waals surface area (Å²) in [4.78, 5) is 10.2. The van der Waals surface area contributed by atoms with Gasteiger partial charge in [0.25, 0.3) is 0 Å². The first-order chi connectivity index (χ1) is 4.83. The average molecular weight is 142 g/mol. The fourth-order valence-electron chi connectivity index (χ4n) is 0.738. The maximum absolute atomic E-state index is 10.2. The average Bonchev–Trinajstić information content (AvgIpc) is 1.85. The van der Waals surface area contributed by atoms with Crippen LogP contribution in [0, 0.1) is 0 Å².